The Balaban J connectivity index is 1.90. The molecule has 2 amide bonds. The van der Waals surface area contributed by atoms with Crippen molar-refractivity contribution in [3.8, 4) is 0 Å². The van der Waals surface area contributed by atoms with E-state index in [9.17, 15) is 17.6 Å². The third-order valence-corrected chi connectivity index (χ3v) is 4.65. The van der Waals surface area contributed by atoms with Crippen LogP contribution in [-0.4, -0.2) is 20.7 Å². The molecule has 0 aromatic heterocycles. The fourth-order valence-corrected chi connectivity index (χ4v) is 2.75. The maximum Gasteiger partial charge on any atom is 0.315 e. The Hall–Kier alpha value is -2.41. The number of carbonyl (C=O) groups is 1. The zero-order valence-corrected chi connectivity index (χ0v) is 14.2. The van der Waals surface area contributed by atoms with Crippen LogP contribution in [0.15, 0.2) is 53.4 Å². The number of hydrogen-bond donors (Lipinski definition) is 2. The Labute approximate surface area is 140 Å². The third-order valence-electron chi connectivity index (χ3n) is 3.52. The molecule has 128 valence electrons. The molecule has 2 rings (SSSR count). The molecule has 0 spiro atoms. The maximum absolute atomic E-state index is 12.8. The van der Waals surface area contributed by atoms with E-state index in [1.54, 1.807) is 31.2 Å². The van der Waals surface area contributed by atoms with E-state index in [1.807, 2.05) is 0 Å². The van der Waals surface area contributed by atoms with Gasteiger partial charge < -0.3 is 10.6 Å². The zero-order valence-electron chi connectivity index (χ0n) is 13.4. The first-order chi connectivity index (χ1) is 11.3. The van der Waals surface area contributed by atoms with Gasteiger partial charge in [-0.25, -0.2) is 17.6 Å². The molecule has 0 aliphatic rings. The highest BCUT2D eigenvalue weighted by molar-refractivity contribution is 7.90. The van der Waals surface area contributed by atoms with E-state index in [1.165, 1.54) is 24.3 Å². The van der Waals surface area contributed by atoms with Crippen LogP contribution in [0.25, 0.3) is 0 Å². The monoisotopic (exact) mass is 350 g/mol. The highest BCUT2D eigenvalue weighted by Crippen LogP contribution is 2.16. The van der Waals surface area contributed by atoms with Gasteiger partial charge in [-0.3, -0.25) is 0 Å². The smallest absolute Gasteiger partial charge is 0.315 e. The van der Waals surface area contributed by atoms with Gasteiger partial charge in [0.2, 0.25) is 0 Å². The van der Waals surface area contributed by atoms with Crippen LogP contribution in [-0.2, 0) is 16.4 Å². The van der Waals surface area contributed by atoms with Gasteiger partial charge in [0.15, 0.2) is 9.84 Å². The van der Waals surface area contributed by atoms with Crippen molar-refractivity contribution in [2.45, 2.75) is 24.4 Å². The van der Waals surface area contributed by atoms with E-state index in [4.69, 9.17) is 0 Å². The minimum absolute atomic E-state index is 0.235. The van der Waals surface area contributed by atoms with Crippen molar-refractivity contribution in [1.82, 2.24) is 10.6 Å². The van der Waals surface area contributed by atoms with Crippen molar-refractivity contribution in [3.05, 3.63) is 65.5 Å². The van der Waals surface area contributed by atoms with Crippen molar-refractivity contribution < 1.29 is 17.6 Å². The van der Waals surface area contributed by atoms with Gasteiger partial charge in [0.05, 0.1) is 10.9 Å². The maximum atomic E-state index is 12.8. The second-order valence-corrected chi connectivity index (χ2v) is 7.53. The van der Waals surface area contributed by atoms with Gasteiger partial charge in [0.25, 0.3) is 0 Å². The highest BCUT2D eigenvalue weighted by atomic mass is 32.2. The molecule has 0 aliphatic heterocycles. The molecule has 0 fully saturated rings. The lowest BCUT2D eigenvalue weighted by Gasteiger charge is -2.15. The Morgan fingerprint density at radius 1 is 1.08 bits per heavy atom. The van der Waals surface area contributed by atoms with Gasteiger partial charge in [0.1, 0.15) is 5.82 Å². The molecule has 1 unspecified atom stereocenters. The summed E-state index contributed by atoms with van der Waals surface area (Å²) in [5, 5.41) is 5.45. The largest absolute Gasteiger partial charge is 0.334 e. The molecule has 2 aromatic carbocycles. The topological polar surface area (TPSA) is 75.3 Å². The highest BCUT2D eigenvalue weighted by Gasteiger charge is 2.11. The van der Waals surface area contributed by atoms with Crippen LogP contribution in [0.5, 0.6) is 0 Å². The van der Waals surface area contributed by atoms with Crippen LogP contribution in [0.4, 0.5) is 9.18 Å². The number of urea groups is 1. The van der Waals surface area contributed by atoms with Crippen molar-refractivity contribution in [2.75, 3.05) is 6.26 Å². The average molecular weight is 350 g/mol. The van der Waals surface area contributed by atoms with Crippen LogP contribution in [0, 0.1) is 5.82 Å². The van der Waals surface area contributed by atoms with Crippen molar-refractivity contribution in [2.24, 2.45) is 0 Å². The fourth-order valence-electron chi connectivity index (χ4n) is 2.12. The van der Waals surface area contributed by atoms with Gasteiger partial charge in [0, 0.05) is 12.8 Å². The summed E-state index contributed by atoms with van der Waals surface area (Å²) < 4.78 is 35.7. The van der Waals surface area contributed by atoms with Gasteiger partial charge in [-0.15, -0.1) is 0 Å². The number of hydrogen-bond acceptors (Lipinski definition) is 3. The first-order valence-corrected chi connectivity index (χ1v) is 9.23. The summed E-state index contributed by atoms with van der Waals surface area (Å²) in [6, 6.07) is 11.6. The van der Waals surface area contributed by atoms with Crippen LogP contribution in [0.2, 0.25) is 0 Å². The molecule has 0 radical (unpaired) electrons. The Bertz CT molecular complexity index is 803. The van der Waals surface area contributed by atoms with Crippen LogP contribution in [0.1, 0.15) is 24.1 Å². The van der Waals surface area contributed by atoms with E-state index in [0.717, 1.165) is 17.4 Å². The summed E-state index contributed by atoms with van der Waals surface area (Å²) >= 11 is 0. The van der Waals surface area contributed by atoms with Gasteiger partial charge >= 0.3 is 6.03 Å². The van der Waals surface area contributed by atoms with E-state index < -0.39 is 9.84 Å². The Kier molecular flexibility index (Phi) is 5.56. The molecule has 2 aromatic rings. The van der Waals surface area contributed by atoms with E-state index in [2.05, 4.69) is 10.6 Å². The summed E-state index contributed by atoms with van der Waals surface area (Å²) in [6.07, 6.45) is 1.15. The molecular weight excluding hydrogens is 331 g/mol. The molecule has 5 nitrogen and oxygen atoms in total. The number of rotatable bonds is 5. The average Bonchev–Trinajstić information content (AvgIpc) is 2.53. The molecule has 2 N–H and O–H groups in total. The molecule has 0 aliphatic carbocycles. The molecule has 24 heavy (non-hydrogen) atoms. The normalized spacial score (nSPS) is 12.5. The molecule has 7 heteroatoms. The predicted molar refractivity (Wildman–Crippen MR) is 89.7 cm³/mol. The summed E-state index contributed by atoms with van der Waals surface area (Å²) in [5.41, 5.74) is 1.58. The molecule has 0 heterocycles. The lowest BCUT2D eigenvalue weighted by molar-refractivity contribution is 0.237. The summed E-state index contributed by atoms with van der Waals surface area (Å²) in [4.78, 5) is 12.1. The molecule has 1 atom stereocenters. The first-order valence-electron chi connectivity index (χ1n) is 7.34. The Morgan fingerprint density at radius 3 is 2.21 bits per heavy atom. The predicted octanol–water partition coefficient (Wildman–Crippen LogP) is 2.79. The zero-order chi connectivity index (χ0) is 17.7. The van der Waals surface area contributed by atoms with Crippen LogP contribution >= 0.6 is 0 Å². The SMILES string of the molecule is CC(NC(=O)NCc1ccc(F)cc1)c1ccc(S(C)(=O)=O)cc1. The van der Waals surface area contributed by atoms with Gasteiger partial charge in [-0.05, 0) is 42.3 Å². The number of sulfone groups is 1. The van der Waals surface area contributed by atoms with Crippen LogP contribution in [0.3, 0.4) is 0 Å². The molecular formula is C17H19FN2O3S. The summed E-state index contributed by atoms with van der Waals surface area (Å²) in [7, 11) is -3.24. The minimum atomic E-state index is -3.24. The number of amides is 2. The van der Waals surface area contributed by atoms with Crippen molar-refractivity contribution in [3.63, 3.8) is 0 Å². The lowest BCUT2D eigenvalue weighted by atomic mass is 10.1. The third kappa shape index (κ3) is 5.06. The van der Waals surface area contributed by atoms with Crippen molar-refractivity contribution in [1.29, 1.82) is 0 Å². The van der Waals surface area contributed by atoms with E-state index in [0.29, 0.717) is 0 Å². The number of benzene rings is 2. The van der Waals surface area contributed by atoms with E-state index in [-0.39, 0.29) is 29.3 Å². The second kappa shape index (κ2) is 7.44. The van der Waals surface area contributed by atoms with Crippen molar-refractivity contribution >= 4 is 15.9 Å². The first kappa shape index (κ1) is 17.9. The molecule has 0 bridgehead atoms. The second-order valence-electron chi connectivity index (χ2n) is 5.52. The summed E-state index contributed by atoms with van der Waals surface area (Å²) in [5.74, 6) is -0.325. The minimum Gasteiger partial charge on any atom is -0.334 e. The molecule has 0 saturated heterocycles. The number of halogens is 1. The number of carbonyl (C=O) groups excluding carboxylic acids is 1. The number of nitrogens with one attached hydrogen (secondary N) is 2. The Morgan fingerprint density at radius 2 is 1.67 bits per heavy atom. The summed E-state index contributed by atoms with van der Waals surface area (Å²) in [6.45, 7) is 2.08. The van der Waals surface area contributed by atoms with Gasteiger partial charge in [-0.2, -0.15) is 0 Å². The fraction of sp³-hybridized carbons (Fsp3) is 0.235. The van der Waals surface area contributed by atoms with Crippen LogP contribution < -0.4 is 10.6 Å². The van der Waals surface area contributed by atoms with E-state index >= 15 is 0 Å². The lowest BCUT2D eigenvalue weighted by Crippen LogP contribution is -2.36. The van der Waals surface area contributed by atoms with Gasteiger partial charge in [-0.1, -0.05) is 24.3 Å². The standard InChI is InChI=1S/C17H19FN2O3S/c1-12(14-5-9-16(10-6-14)24(2,22)23)20-17(21)19-11-13-3-7-15(18)8-4-13/h3-10,12H,11H2,1-2H3,(H2,19,20,21). The molecule has 0 saturated carbocycles. The quantitative estimate of drug-likeness (QED) is 0.871.